The summed E-state index contributed by atoms with van der Waals surface area (Å²) in [4.78, 5) is 26.6. The van der Waals surface area contributed by atoms with Crippen molar-refractivity contribution >= 4 is 28.7 Å². The standard InChI is InChI=1S/C15H11N3O3/c1-9-4-2-7-12-13(9)17-15(19)14(12)16-10-5-3-6-11(8-10)18(20)21/h2-8H,1H3,(H,16,17,19). The van der Waals surface area contributed by atoms with Crippen LogP contribution in [0.3, 0.4) is 0 Å². The Labute approximate surface area is 120 Å². The molecule has 0 saturated carbocycles. The second kappa shape index (κ2) is 4.82. The lowest BCUT2D eigenvalue weighted by Crippen LogP contribution is -2.14. The molecule has 21 heavy (non-hydrogen) atoms. The summed E-state index contributed by atoms with van der Waals surface area (Å²) >= 11 is 0. The third-order valence-corrected chi connectivity index (χ3v) is 3.26. The molecule has 0 radical (unpaired) electrons. The van der Waals surface area contributed by atoms with Crippen LogP contribution in [-0.4, -0.2) is 16.5 Å². The topological polar surface area (TPSA) is 84.6 Å². The highest BCUT2D eigenvalue weighted by Gasteiger charge is 2.27. The van der Waals surface area contributed by atoms with Crippen LogP contribution in [0, 0.1) is 17.0 Å². The number of nitro groups is 1. The number of fused-ring (bicyclic) bond motifs is 1. The summed E-state index contributed by atoms with van der Waals surface area (Å²) in [5.41, 5.74) is 3.00. The van der Waals surface area contributed by atoms with Crippen LogP contribution in [0.1, 0.15) is 11.1 Å². The second-order valence-corrected chi connectivity index (χ2v) is 4.69. The van der Waals surface area contributed by atoms with E-state index >= 15 is 0 Å². The van der Waals surface area contributed by atoms with Gasteiger partial charge >= 0.3 is 0 Å². The lowest BCUT2D eigenvalue weighted by atomic mass is 10.1. The molecule has 2 aromatic rings. The highest BCUT2D eigenvalue weighted by molar-refractivity contribution is 6.54. The first-order valence-electron chi connectivity index (χ1n) is 6.31. The van der Waals surface area contributed by atoms with E-state index in [4.69, 9.17) is 0 Å². The highest BCUT2D eigenvalue weighted by Crippen LogP contribution is 2.29. The number of hydrogen-bond donors (Lipinski definition) is 1. The Balaban J connectivity index is 2.09. The Morgan fingerprint density at radius 3 is 2.71 bits per heavy atom. The minimum Gasteiger partial charge on any atom is -0.320 e. The van der Waals surface area contributed by atoms with Crippen molar-refractivity contribution < 1.29 is 9.72 Å². The monoisotopic (exact) mass is 281 g/mol. The summed E-state index contributed by atoms with van der Waals surface area (Å²) in [6.07, 6.45) is 0. The van der Waals surface area contributed by atoms with Crippen molar-refractivity contribution in [2.75, 3.05) is 5.32 Å². The van der Waals surface area contributed by atoms with Crippen LogP contribution in [0.25, 0.3) is 0 Å². The molecule has 6 heteroatoms. The minimum absolute atomic E-state index is 0.0558. The van der Waals surface area contributed by atoms with E-state index in [-0.39, 0.29) is 17.3 Å². The molecule has 0 unspecified atom stereocenters. The number of hydrogen-bond acceptors (Lipinski definition) is 4. The molecule has 1 amide bonds. The largest absolute Gasteiger partial charge is 0.320 e. The maximum atomic E-state index is 12.0. The summed E-state index contributed by atoms with van der Waals surface area (Å²) in [6, 6.07) is 11.4. The van der Waals surface area contributed by atoms with Crippen molar-refractivity contribution in [2.24, 2.45) is 4.99 Å². The van der Waals surface area contributed by atoms with Crippen molar-refractivity contribution in [2.45, 2.75) is 6.92 Å². The fraction of sp³-hybridized carbons (Fsp3) is 0.0667. The van der Waals surface area contributed by atoms with E-state index < -0.39 is 4.92 Å². The lowest BCUT2D eigenvalue weighted by Gasteiger charge is -2.01. The van der Waals surface area contributed by atoms with E-state index in [9.17, 15) is 14.9 Å². The fourth-order valence-electron chi connectivity index (χ4n) is 2.24. The maximum Gasteiger partial charge on any atom is 0.275 e. The number of nitrogens with zero attached hydrogens (tertiary/aromatic N) is 2. The van der Waals surface area contributed by atoms with Gasteiger partial charge in [0, 0.05) is 17.7 Å². The minimum atomic E-state index is -0.490. The number of para-hydroxylation sites is 1. The molecule has 0 saturated heterocycles. The van der Waals surface area contributed by atoms with Crippen LogP contribution in [0.2, 0.25) is 0 Å². The molecule has 2 aromatic carbocycles. The van der Waals surface area contributed by atoms with Crippen LogP contribution < -0.4 is 5.32 Å². The van der Waals surface area contributed by atoms with Crippen molar-refractivity contribution in [3.05, 3.63) is 63.7 Å². The van der Waals surface area contributed by atoms with Gasteiger partial charge in [0.2, 0.25) is 0 Å². The highest BCUT2D eigenvalue weighted by atomic mass is 16.6. The molecule has 0 fully saturated rings. The van der Waals surface area contributed by atoms with Gasteiger partial charge in [0.15, 0.2) is 0 Å². The molecule has 1 aliphatic heterocycles. The van der Waals surface area contributed by atoms with Gasteiger partial charge in [0.05, 0.1) is 16.3 Å². The number of carbonyl (C=O) groups excluding carboxylic acids is 1. The zero-order valence-electron chi connectivity index (χ0n) is 11.2. The second-order valence-electron chi connectivity index (χ2n) is 4.69. The number of carbonyl (C=O) groups is 1. The van der Waals surface area contributed by atoms with Gasteiger partial charge in [-0.15, -0.1) is 0 Å². The van der Waals surface area contributed by atoms with Crippen LogP contribution in [0.4, 0.5) is 17.1 Å². The van der Waals surface area contributed by atoms with E-state index in [0.29, 0.717) is 11.3 Å². The first-order chi connectivity index (χ1) is 10.1. The van der Waals surface area contributed by atoms with Crippen molar-refractivity contribution in [3.8, 4) is 0 Å². The zero-order chi connectivity index (χ0) is 15.0. The normalized spacial score (nSPS) is 14.9. The van der Waals surface area contributed by atoms with E-state index in [0.717, 1.165) is 11.3 Å². The predicted molar refractivity (Wildman–Crippen MR) is 79.1 cm³/mol. The van der Waals surface area contributed by atoms with E-state index in [2.05, 4.69) is 10.3 Å². The Hall–Kier alpha value is -3.02. The third kappa shape index (κ3) is 2.27. The first-order valence-corrected chi connectivity index (χ1v) is 6.31. The van der Waals surface area contributed by atoms with Gasteiger partial charge in [-0.1, -0.05) is 24.3 Å². The number of non-ortho nitro benzene ring substituents is 1. The van der Waals surface area contributed by atoms with E-state index in [1.807, 2.05) is 19.1 Å². The van der Waals surface area contributed by atoms with Crippen molar-refractivity contribution in [1.82, 2.24) is 0 Å². The summed E-state index contributed by atoms with van der Waals surface area (Å²) in [5.74, 6) is -0.300. The molecule has 0 bridgehead atoms. The van der Waals surface area contributed by atoms with Gasteiger partial charge in [-0.3, -0.25) is 14.9 Å². The smallest absolute Gasteiger partial charge is 0.275 e. The van der Waals surface area contributed by atoms with Gasteiger partial charge in [-0.2, -0.15) is 0 Å². The maximum absolute atomic E-state index is 12.0. The molecule has 1 heterocycles. The molecule has 0 atom stereocenters. The van der Waals surface area contributed by atoms with Gasteiger partial charge in [0.25, 0.3) is 11.6 Å². The van der Waals surface area contributed by atoms with E-state index in [1.165, 1.54) is 12.1 Å². The van der Waals surface area contributed by atoms with Crippen LogP contribution >= 0.6 is 0 Å². The Kier molecular flexibility index (Phi) is 2.98. The molecular formula is C15H11N3O3. The average molecular weight is 281 g/mol. The lowest BCUT2D eigenvalue weighted by molar-refractivity contribution is -0.384. The Morgan fingerprint density at radius 2 is 1.95 bits per heavy atom. The number of anilines is 1. The molecule has 1 aliphatic rings. The molecule has 1 N–H and O–H groups in total. The third-order valence-electron chi connectivity index (χ3n) is 3.26. The first kappa shape index (κ1) is 13.0. The molecule has 0 aromatic heterocycles. The molecular weight excluding hydrogens is 270 g/mol. The number of rotatable bonds is 2. The summed E-state index contributed by atoms with van der Waals surface area (Å²) < 4.78 is 0. The van der Waals surface area contributed by atoms with E-state index in [1.54, 1.807) is 18.2 Å². The number of nitrogens with one attached hydrogen (secondary N) is 1. The molecule has 104 valence electrons. The molecule has 0 spiro atoms. The summed E-state index contributed by atoms with van der Waals surface area (Å²) in [7, 11) is 0. The predicted octanol–water partition coefficient (Wildman–Crippen LogP) is 2.98. The summed E-state index contributed by atoms with van der Waals surface area (Å²) in [5, 5.41) is 13.5. The number of amides is 1. The molecule has 3 rings (SSSR count). The van der Waals surface area contributed by atoms with Crippen LogP contribution in [0.15, 0.2) is 47.5 Å². The number of nitro benzene ring substituents is 1. The molecule has 6 nitrogen and oxygen atoms in total. The van der Waals surface area contributed by atoms with Gasteiger partial charge in [-0.05, 0) is 18.6 Å². The molecule has 0 aliphatic carbocycles. The van der Waals surface area contributed by atoms with Crippen molar-refractivity contribution in [3.63, 3.8) is 0 Å². The number of aliphatic imine (C=N–C) groups is 1. The number of aryl methyl sites for hydroxylation is 1. The van der Waals surface area contributed by atoms with Crippen LogP contribution in [0.5, 0.6) is 0 Å². The van der Waals surface area contributed by atoms with Gasteiger partial charge < -0.3 is 5.32 Å². The van der Waals surface area contributed by atoms with Crippen LogP contribution in [-0.2, 0) is 4.79 Å². The SMILES string of the molecule is Cc1cccc2c1NC(=O)C2=Nc1cccc([N+](=O)[O-])c1. The summed E-state index contributed by atoms with van der Waals surface area (Å²) in [6.45, 7) is 1.90. The fourth-order valence-corrected chi connectivity index (χ4v) is 2.24. The zero-order valence-corrected chi connectivity index (χ0v) is 11.2. The number of benzene rings is 2. The average Bonchev–Trinajstić information content (AvgIpc) is 2.78. The van der Waals surface area contributed by atoms with Gasteiger partial charge in [0.1, 0.15) is 5.71 Å². The quantitative estimate of drug-likeness (QED) is 0.678. The van der Waals surface area contributed by atoms with Crippen molar-refractivity contribution in [1.29, 1.82) is 0 Å². The Morgan fingerprint density at radius 1 is 1.19 bits per heavy atom. The van der Waals surface area contributed by atoms with Gasteiger partial charge in [-0.25, -0.2) is 4.99 Å². The Bertz CT molecular complexity index is 797.